The molecule has 0 spiro atoms. The van der Waals surface area contributed by atoms with Gasteiger partial charge in [-0.1, -0.05) is 0 Å². The van der Waals surface area contributed by atoms with Crippen LogP contribution in [-0.4, -0.2) is 55.2 Å². The summed E-state index contributed by atoms with van der Waals surface area (Å²) >= 11 is 0. The molecule has 0 aromatic carbocycles. The minimum atomic E-state index is -1.23. The predicted octanol–water partition coefficient (Wildman–Crippen LogP) is -2.01. The van der Waals surface area contributed by atoms with Crippen molar-refractivity contribution in [2.24, 2.45) is 0 Å². The molecule has 9 heteroatoms. The van der Waals surface area contributed by atoms with E-state index in [1.54, 1.807) is 0 Å². The molecule has 108 valence electrons. The molecule has 1 aliphatic rings. The lowest BCUT2D eigenvalue weighted by Crippen LogP contribution is -2.32. The van der Waals surface area contributed by atoms with E-state index in [9.17, 15) is 15.0 Å². The van der Waals surface area contributed by atoms with Crippen molar-refractivity contribution in [3.63, 3.8) is 0 Å². The van der Waals surface area contributed by atoms with Crippen LogP contribution in [0.2, 0.25) is 0 Å². The molecule has 2 aromatic rings. The maximum atomic E-state index is 11.7. The molecule has 20 heavy (non-hydrogen) atoms. The van der Waals surface area contributed by atoms with Gasteiger partial charge in [-0.15, -0.1) is 0 Å². The summed E-state index contributed by atoms with van der Waals surface area (Å²) in [5.74, 6) is -0.0601. The minimum absolute atomic E-state index is 0.0601. The minimum Gasteiger partial charge on any atom is -0.394 e. The molecule has 3 rings (SSSR count). The number of nitrogens with zero attached hydrogens (tertiary/aromatic N) is 1. The van der Waals surface area contributed by atoms with Crippen molar-refractivity contribution in [1.82, 2.24) is 15.0 Å². The van der Waals surface area contributed by atoms with Crippen LogP contribution in [0.15, 0.2) is 11.0 Å². The summed E-state index contributed by atoms with van der Waals surface area (Å²) in [5.41, 5.74) is 5.92. The lowest BCUT2D eigenvalue weighted by Gasteiger charge is -2.13. The van der Waals surface area contributed by atoms with Crippen molar-refractivity contribution in [1.29, 1.82) is 0 Å². The number of nitrogen functional groups attached to an aromatic ring is 1. The molecule has 0 bridgehead atoms. The molecule has 1 saturated heterocycles. The van der Waals surface area contributed by atoms with Gasteiger partial charge in [0.15, 0.2) is 0 Å². The molecule has 0 unspecified atom stereocenters. The molecular weight excluding hydrogens is 268 g/mol. The first kappa shape index (κ1) is 13.1. The van der Waals surface area contributed by atoms with Crippen molar-refractivity contribution >= 4 is 17.0 Å². The van der Waals surface area contributed by atoms with Gasteiger partial charge in [-0.2, -0.15) is 0 Å². The van der Waals surface area contributed by atoms with Crippen LogP contribution in [0.1, 0.15) is 11.7 Å². The fourth-order valence-electron chi connectivity index (χ4n) is 2.43. The molecule has 0 saturated carbocycles. The Balaban J connectivity index is 2.09. The van der Waals surface area contributed by atoms with E-state index in [-0.39, 0.29) is 17.0 Å². The van der Waals surface area contributed by atoms with Crippen LogP contribution in [0.5, 0.6) is 0 Å². The first-order valence-corrected chi connectivity index (χ1v) is 6.02. The number of nitrogens with two attached hydrogens (primary N) is 1. The molecule has 7 N–H and O–H groups in total. The van der Waals surface area contributed by atoms with E-state index in [0.717, 1.165) is 0 Å². The number of rotatable bonds is 2. The van der Waals surface area contributed by atoms with Crippen LogP contribution in [-0.2, 0) is 4.74 Å². The molecule has 1 aliphatic heterocycles. The van der Waals surface area contributed by atoms with Crippen molar-refractivity contribution in [3.8, 4) is 0 Å². The van der Waals surface area contributed by atoms with Crippen LogP contribution < -0.4 is 11.3 Å². The number of aliphatic hydroxyl groups excluding tert-OH is 3. The Morgan fingerprint density at radius 2 is 2.15 bits per heavy atom. The lowest BCUT2D eigenvalue weighted by atomic mass is 10.0. The molecule has 9 nitrogen and oxygen atoms in total. The number of hydrogen-bond acceptors (Lipinski definition) is 7. The fraction of sp³-hybridized carbons (Fsp3) is 0.455. The number of aromatic nitrogens is 3. The van der Waals surface area contributed by atoms with Crippen molar-refractivity contribution < 1.29 is 20.1 Å². The number of H-pyrrole nitrogens is 2. The molecule has 2 aromatic heterocycles. The molecule has 0 radical (unpaired) electrons. The summed E-state index contributed by atoms with van der Waals surface area (Å²) in [6, 6.07) is 0. The average Bonchev–Trinajstić information content (AvgIpc) is 2.93. The zero-order chi connectivity index (χ0) is 14.4. The highest BCUT2D eigenvalue weighted by atomic mass is 16.6. The van der Waals surface area contributed by atoms with E-state index in [4.69, 9.17) is 15.6 Å². The van der Waals surface area contributed by atoms with Gasteiger partial charge in [0.05, 0.1) is 6.61 Å². The zero-order valence-corrected chi connectivity index (χ0v) is 10.3. The first-order valence-electron chi connectivity index (χ1n) is 6.02. The molecular formula is C11H14N4O5. The second-order valence-electron chi connectivity index (χ2n) is 4.68. The molecule has 0 aliphatic carbocycles. The molecule has 4 atom stereocenters. The average molecular weight is 282 g/mol. The summed E-state index contributed by atoms with van der Waals surface area (Å²) in [6.45, 7) is -0.423. The van der Waals surface area contributed by atoms with Crippen LogP contribution in [0, 0.1) is 0 Å². The number of hydrogen-bond donors (Lipinski definition) is 6. The molecule has 3 heterocycles. The van der Waals surface area contributed by atoms with Gasteiger partial charge in [-0.25, -0.2) is 4.98 Å². The number of fused-ring (bicyclic) bond motifs is 1. The Hall–Kier alpha value is -1.94. The Bertz CT molecular complexity index is 696. The largest absolute Gasteiger partial charge is 0.394 e. The third-order valence-corrected chi connectivity index (χ3v) is 3.43. The van der Waals surface area contributed by atoms with E-state index < -0.39 is 36.6 Å². The maximum Gasteiger partial charge on any atom is 0.276 e. The van der Waals surface area contributed by atoms with Crippen molar-refractivity contribution in [2.45, 2.75) is 24.4 Å². The van der Waals surface area contributed by atoms with Crippen LogP contribution in [0.3, 0.4) is 0 Å². The van der Waals surface area contributed by atoms with Gasteiger partial charge in [0.2, 0.25) is 5.95 Å². The summed E-state index contributed by atoms with van der Waals surface area (Å²) in [4.78, 5) is 20.8. The Labute approximate surface area is 112 Å². The van der Waals surface area contributed by atoms with Gasteiger partial charge in [0.25, 0.3) is 5.56 Å². The fourth-order valence-corrected chi connectivity index (χ4v) is 2.43. The van der Waals surface area contributed by atoms with E-state index >= 15 is 0 Å². The van der Waals surface area contributed by atoms with Gasteiger partial charge >= 0.3 is 0 Å². The summed E-state index contributed by atoms with van der Waals surface area (Å²) < 4.78 is 5.40. The van der Waals surface area contributed by atoms with Gasteiger partial charge in [0.1, 0.15) is 35.4 Å². The van der Waals surface area contributed by atoms with Crippen molar-refractivity contribution in [3.05, 3.63) is 22.1 Å². The number of aliphatic hydroxyl groups is 3. The summed E-state index contributed by atoms with van der Waals surface area (Å²) in [5, 5.41) is 28.8. The lowest BCUT2D eigenvalue weighted by molar-refractivity contribution is -0.0224. The third-order valence-electron chi connectivity index (χ3n) is 3.43. The van der Waals surface area contributed by atoms with Gasteiger partial charge in [-0.3, -0.25) is 9.78 Å². The normalized spacial score (nSPS) is 30.1. The zero-order valence-electron chi connectivity index (χ0n) is 10.3. The Morgan fingerprint density at radius 1 is 1.40 bits per heavy atom. The van der Waals surface area contributed by atoms with E-state index in [1.165, 1.54) is 6.20 Å². The van der Waals surface area contributed by atoms with E-state index in [1.807, 2.05) is 0 Å². The second kappa shape index (κ2) is 4.56. The van der Waals surface area contributed by atoms with Crippen molar-refractivity contribution in [2.75, 3.05) is 12.3 Å². The Kier molecular flexibility index (Phi) is 2.98. The number of aromatic amines is 2. The summed E-state index contributed by atoms with van der Waals surface area (Å²) in [6.07, 6.45) is -2.76. The number of nitrogens with one attached hydrogen (secondary N) is 2. The highest BCUT2D eigenvalue weighted by Crippen LogP contribution is 2.35. The van der Waals surface area contributed by atoms with Crippen LogP contribution >= 0.6 is 0 Å². The smallest absolute Gasteiger partial charge is 0.276 e. The number of ether oxygens (including phenoxy) is 1. The first-order chi connectivity index (χ1) is 9.52. The highest BCUT2D eigenvalue weighted by Gasteiger charge is 2.44. The third kappa shape index (κ3) is 1.79. The number of anilines is 1. The van der Waals surface area contributed by atoms with E-state index in [0.29, 0.717) is 5.56 Å². The topological polar surface area (TPSA) is 157 Å². The van der Waals surface area contributed by atoms with Gasteiger partial charge < -0.3 is 30.8 Å². The highest BCUT2D eigenvalue weighted by molar-refractivity contribution is 5.79. The monoisotopic (exact) mass is 282 g/mol. The van der Waals surface area contributed by atoms with Gasteiger partial charge in [0, 0.05) is 11.8 Å². The molecule has 1 fully saturated rings. The summed E-state index contributed by atoms with van der Waals surface area (Å²) in [7, 11) is 0. The maximum absolute atomic E-state index is 11.7. The van der Waals surface area contributed by atoms with Gasteiger partial charge in [-0.05, 0) is 0 Å². The van der Waals surface area contributed by atoms with Crippen LogP contribution in [0.25, 0.3) is 11.0 Å². The quantitative estimate of drug-likeness (QED) is 0.371. The standard InChI is InChI=1S/C11H14N4O5/c12-11-14-5-3(1-13-6(5)10(19)15-11)9-8(18)7(17)4(2-16)20-9/h1,4,7-9,13,16-18H,2H2,(H3,12,14,15,19)/t4-,7+,8+,9+/m1/s1. The Morgan fingerprint density at radius 3 is 2.80 bits per heavy atom. The van der Waals surface area contributed by atoms with Crippen LogP contribution in [0.4, 0.5) is 5.95 Å². The van der Waals surface area contributed by atoms with E-state index in [2.05, 4.69) is 15.0 Å². The molecule has 0 amide bonds. The predicted molar refractivity (Wildman–Crippen MR) is 67.8 cm³/mol. The SMILES string of the molecule is Nc1nc2c([C@@H]3O[C@H](CO)[C@H](O)[C@@H]3O)c[nH]c2c(=O)[nH]1. The second-order valence-corrected chi connectivity index (χ2v) is 4.68.